The highest BCUT2D eigenvalue weighted by molar-refractivity contribution is 7.84. The normalized spacial score (nSPS) is 14.4. The molecule has 0 aliphatic rings. The van der Waals surface area contributed by atoms with Gasteiger partial charge in [-0.25, -0.2) is 0 Å². The van der Waals surface area contributed by atoms with Crippen molar-refractivity contribution in [2.45, 2.75) is 26.3 Å². The van der Waals surface area contributed by atoms with Crippen molar-refractivity contribution in [3.05, 3.63) is 23.8 Å². The molecule has 0 heterocycles. The fourth-order valence-electron chi connectivity index (χ4n) is 1.49. The molecular weight excluding hydrogens is 220 g/mol. The Kier molecular flexibility index (Phi) is 4.80. The third kappa shape index (κ3) is 3.85. The summed E-state index contributed by atoms with van der Waals surface area (Å²) in [6, 6.07) is 6.16. The molecule has 90 valence electrons. The van der Waals surface area contributed by atoms with Gasteiger partial charge in [0.1, 0.15) is 0 Å². The SMILES string of the molecule is Cc1c(N)cccc1NC(C)CCS(C)=O. The number of rotatable bonds is 5. The van der Waals surface area contributed by atoms with E-state index < -0.39 is 10.8 Å². The van der Waals surface area contributed by atoms with Gasteiger partial charge in [-0.05, 0) is 38.0 Å². The van der Waals surface area contributed by atoms with Crippen molar-refractivity contribution in [2.24, 2.45) is 0 Å². The van der Waals surface area contributed by atoms with Crippen molar-refractivity contribution in [3.8, 4) is 0 Å². The molecule has 0 amide bonds. The average Bonchev–Trinajstić information content (AvgIpc) is 2.22. The fraction of sp³-hybridized carbons (Fsp3) is 0.500. The van der Waals surface area contributed by atoms with Gasteiger partial charge in [0.2, 0.25) is 0 Å². The van der Waals surface area contributed by atoms with Crippen molar-refractivity contribution in [2.75, 3.05) is 23.1 Å². The molecule has 0 fully saturated rings. The van der Waals surface area contributed by atoms with Crippen LogP contribution in [0, 0.1) is 6.92 Å². The first-order chi connectivity index (χ1) is 7.50. The highest BCUT2D eigenvalue weighted by Gasteiger charge is 2.06. The number of nitrogens with one attached hydrogen (secondary N) is 1. The summed E-state index contributed by atoms with van der Waals surface area (Å²) in [5.41, 5.74) is 8.77. The first kappa shape index (κ1) is 13.0. The third-order valence-corrected chi connectivity index (χ3v) is 3.43. The molecule has 0 aliphatic heterocycles. The second-order valence-corrected chi connectivity index (χ2v) is 5.69. The lowest BCUT2D eigenvalue weighted by molar-refractivity contribution is 0.678. The maximum absolute atomic E-state index is 11.0. The van der Waals surface area contributed by atoms with Gasteiger partial charge < -0.3 is 11.1 Å². The van der Waals surface area contributed by atoms with Crippen molar-refractivity contribution in [1.29, 1.82) is 0 Å². The number of hydrogen-bond acceptors (Lipinski definition) is 3. The Morgan fingerprint density at radius 1 is 1.50 bits per heavy atom. The zero-order valence-corrected chi connectivity index (χ0v) is 10.9. The molecule has 4 heteroatoms. The van der Waals surface area contributed by atoms with E-state index in [0.29, 0.717) is 6.04 Å². The van der Waals surface area contributed by atoms with E-state index in [0.717, 1.165) is 29.1 Å². The van der Waals surface area contributed by atoms with Crippen LogP contribution < -0.4 is 11.1 Å². The Balaban J connectivity index is 2.59. The Morgan fingerprint density at radius 3 is 2.81 bits per heavy atom. The van der Waals surface area contributed by atoms with E-state index in [2.05, 4.69) is 12.2 Å². The Bertz CT molecular complexity index is 379. The average molecular weight is 240 g/mol. The van der Waals surface area contributed by atoms with Gasteiger partial charge in [-0.2, -0.15) is 0 Å². The van der Waals surface area contributed by atoms with Gasteiger partial charge in [0.25, 0.3) is 0 Å². The van der Waals surface area contributed by atoms with E-state index in [9.17, 15) is 4.21 Å². The molecule has 1 aromatic carbocycles. The predicted octanol–water partition coefficient (Wildman–Crippen LogP) is 2.15. The summed E-state index contributed by atoms with van der Waals surface area (Å²) < 4.78 is 11.0. The number of anilines is 2. The Hall–Kier alpha value is -1.03. The molecular formula is C12H20N2OS. The molecule has 0 aromatic heterocycles. The minimum atomic E-state index is -0.719. The van der Waals surface area contributed by atoms with Crippen molar-refractivity contribution in [1.82, 2.24) is 0 Å². The Labute approximate surface area is 99.9 Å². The molecule has 0 bridgehead atoms. The van der Waals surface area contributed by atoms with Crippen LogP contribution in [0.1, 0.15) is 18.9 Å². The summed E-state index contributed by atoms with van der Waals surface area (Å²) in [6.45, 7) is 4.10. The number of hydrogen-bond donors (Lipinski definition) is 2. The van der Waals surface area contributed by atoms with E-state index in [4.69, 9.17) is 5.73 Å². The van der Waals surface area contributed by atoms with Crippen molar-refractivity contribution in [3.63, 3.8) is 0 Å². The van der Waals surface area contributed by atoms with Gasteiger partial charge in [-0.1, -0.05) is 6.07 Å². The van der Waals surface area contributed by atoms with Crippen LogP contribution in [0.4, 0.5) is 11.4 Å². The van der Waals surface area contributed by atoms with Gasteiger partial charge in [-0.3, -0.25) is 4.21 Å². The largest absolute Gasteiger partial charge is 0.398 e. The van der Waals surface area contributed by atoms with Crippen molar-refractivity contribution >= 4 is 22.2 Å². The summed E-state index contributed by atoms with van der Waals surface area (Å²) in [6.07, 6.45) is 2.63. The van der Waals surface area contributed by atoms with Crippen LogP contribution in [-0.2, 0) is 10.8 Å². The first-order valence-corrected chi connectivity index (χ1v) is 7.15. The highest BCUT2D eigenvalue weighted by atomic mass is 32.2. The van der Waals surface area contributed by atoms with E-state index in [-0.39, 0.29) is 0 Å². The van der Waals surface area contributed by atoms with Crippen LogP contribution in [0.3, 0.4) is 0 Å². The zero-order valence-electron chi connectivity index (χ0n) is 10.1. The molecule has 0 spiro atoms. The smallest absolute Gasteiger partial charge is 0.0392 e. The van der Waals surface area contributed by atoms with E-state index in [1.165, 1.54) is 0 Å². The molecule has 0 saturated heterocycles. The van der Waals surface area contributed by atoms with Crippen LogP contribution in [0.2, 0.25) is 0 Å². The molecule has 3 N–H and O–H groups in total. The standard InChI is InChI=1S/C12H20N2OS/c1-9(7-8-16(3)15)14-12-6-4-5-11(13)10(12)2/h4-6,9,14H,7-8,13H2,1-3H3. The minimum Gasteiger partial charge on any atom is -0.398 e. The maximum atomic E-state index is 11.0. The van der Waals surface area contributed by atoms with Gasteiger partial charge in [0.15, 0.2) is 0 Å². The second kappa shape index (κ2) is 5.89. The molecule has 16 heavy (non-hydrogen) atoms. The molecule has 2 unspecified atom stereocenters. The van der Waals surface area contributed by atoms with Crippen molar-refractivity contribution < 1.29 is 4.21 Å². The van der Waals surface area contributed by atoms with Crippen LogP contribution in [0.15, 0.2) is 18.2 Å². The van der Waals surface area contributed by atoms with E-state index >= 15 is 0 Å². The molecule has 0 saturated carbocycles. The lowest BCUT2D eigenvalue weighted by atomic mass is 10.1. The zero-order chi connectivity index (χ0) is 12.1. The van der Waals surface area contributed by atoms with Gasteiger partial charge >= 0.3 is 0 Å². The lowest BCUT2D eigenvalue weighted by Crippen LogP contribution is -2.18. The third-order valence-electron chi connectivity index (χ3n) is 2.62. The number of benzene rings is 1. The van der Waals surface area contributed by atoms with Gasteiger partial charge in [-0.15, -0.1) is 0 Å². The fourth-order valence-corrected chi connectivity index (χ4v) is 2.18. The quantitative estimate of drug-likeness (QED) is 0.775. The monoisotopic (exact) mass is 240 g/mol. The molecule has 2 atom stereocenters. The van der Waals surface area contributed by atoms with Crippen LogP contribution in [-0.4, -0.2) is 22.3 Å². The molecule has 0 radical (unpaired) electrons. The summed E-state index contributed by atoms with van der Waals surface area (Å²) in [5.74, 6) is 0.732. The molecule has 3 nitrogen and oxygen atoms in total. The summed E-state index contributed by atoms with van der Waals surface area (Å²) >= 11 is 0. The predicted molar refractivity (Wildman–Crippen MR) is 72.2 cm³/mol. The van der Waals surface area contributed by atoms with Gasteiger partial charge in [0, 0.05) is 40.2 Å². The lowest BCUT2D eigenvalue weighted by Gasteiger charge is -2.17. The number of nitrogens with two attached hydrogens (primary N) is 1. The van der Waals surface area contributed by atoms with Crippen LogP contribution in [0.25, 0.3) is 0 Å². The topological polar surface area (TPSA) is 55.1 Å². The number of nitrogen functional groups attached to an aromatic ring is 1. The highest BCUT2D eigenvalue weighted by Crippen LogP contribution is 2.21. The van der Waals surface area contributed by atoms with E-state index in [1.54, 1.807) is 6.26 Å². The maximum Gasteiger partial charge on any atom is 0.0392 e. The molecule has 1 aromatic rings. The second-order valence-electron chi connectivity index (χ2n) is 4.13. The molecule has 1 rings (SSSR count). The summed E-state index contributed by atoms with van der Waals surface area (Å²) in [4.78, 5) is 0. The summed E-state index contributed by atoms with van der Waals surface area (Å²) in [7, 11) is -0.719. The van der Waals surface area contributed by atoms with E-state index in [1.807, 2.05) is 25.1 Å². The summed E-state index contributed by atoms with van der Waals surface area (Å²) in [5, 5.41) is 3.39. The Morgan fingerprint density at radius 2 is 2.19 bits per heavy atom. The van der Waals surface area contributed by atoms with Crippen LogP contribution >= 0.6 is 0 Å². The van der Waals surface area contributed by atoms with Crippen LogP contribution in [0.5, 0.6) is 0 Å². The van der Waals surface area contributed by atoms with Gasteiger partial charge in [0.05, 0.1) is 0 Å². The molecule has 0 aliphatic carbocycles. The minimum absolute atomic E-state index is 0.310. The first-order valence-electron chi connectivity index (χ1n) is 5.42.